The molecule has 5 nitrogen and oxygen atoms in total. The lowest BCUT2D eigenvalue weighted by atomic mass is 9.88. The smallest absolute Gasteiger partial charge is 0.260 e. The molecular weight excluding hydrogens is 343 g/mol. The number of aromatic nitrogens is 2. The number of hydrogen-bond acceptors (Lipinski definition) is 3. The molecule has 2 fully saturated rings. The van der Waals surface area contributed by atoms with Gasteiger partial charge in [0.1, 0.15) is 5.54 Å². The molecule has 1 saturated heterocycles. The van der Waals surface area contributed by atoms with E-state index in [0.717, 1.165) is 30.2 Å². The number of amides is 1. The second kappa shape index (κ2) is 5.57. The number of fused-ring (bicyclic) bond motifs is 4. The third-order valence-corrected chi connectivity index (χ3v) is 6.18. The summed E-state index contributed by atoms with van der Waals surface area (Å²) in [5.41, 5.74) is 0.300. The minimum Gasteiger partial charge on any atom is -0.355 e. The molecule has 0 N–H and O–H groups in total. The molecule has 0 radical (unpaired) electrons. The topological polar surface area (TPSA) is 41.4 Å². The molecule has 1 aliphatic carbocycles. The maximum absolute atomic E-state index is 14.5. The van der Waals surface area contributed by atoms with Crippen molar-refractivity contribution in [3.63, 3.8) is 0 Å². The Morgan fingerprint density at radius 3 is 2.81 bits per heavy atom. The summed E-state index contributed by atoms with van der Waals surface area (Å²) >= 11 is 0. The van der Waals surface area contributed by atoms with Gasteiger partial charge in [0.05, 0.1) is 11.4 Å². The highest BCUT2D eigenvalue weighted by atomic mass is 19.1. The molecule has 4 heterocycles. The molecule has 1 saturated carbocycles. The fraction of sp³-hybridized carbons (Fsp3) is 0.524. The number of rotatable bonds is 3. The highest BCUT2D eigenvalue weighted by molar-refractivity contribution is 5.88. The van der Waals surface area contributed by atoms with Crippen LogP contribution >= 0.6 is 0 Å². The lowest BCUT2D eigenvalue weighted by Gasteiger charge is -2.47. The minimum absolute atomic E-state index is 0.320. The van der Waals surface area contributed by atoms with Crippen LogP contribution in [-0.2, 0) is 10.3 Å². The largest absolute Gasteiger partial charge is 0.355 e. The van der Waals surface area contributed by atoms with Crippen LogP contribution in [0.1, 0.15) is 38.8 Å². The number of halogens is 1. The average Bonchev–Trinajstić information content (AvgIpc) is 3.08. The maximum atomic E-state index is 14.5. The molecule has 2 aromatic heterocycles. The average molecular weight is 368 g/mol. The normalized spacial score (nSPS) is 25.0. The molecule has 2 aromatic rings. The summed E-state index contributed by atoms with van der Waals surface area (Å²) in [6.45, 7) is 6.40. The van der Waals surface area contributed by atoms with Gasteiger partial charge in [0.25, 0.3) is 5.91 Å². The van der Waals surface area contributed by atoms with Crippen LogP contribution in [0.2, 0.25) is 0 Å². The molecule has 1 unspecified atom stereocenters. The van der Waals surface area contributed by atoms with Gasteiger partial charge in [-0.1, -0.05) is 13.8 Å². The van der Waals surface area contributed by atoms with Gasteiger partial charge in [0.2, 0.25) is 0 Å². The van der Waals surface area contributed by atoms with Crippen molar-refractivity contribution in [3.8, 4) is 5.82 Å². The Balaban J connectivity index is 1.61. The molecule has 3 aliphatic rings. The predicted octanol–water partition coefficient (Wildman–Crippen LogP) is 3.28. The van der Waals surface area contributed by atoms with Gasteiger partial charge >= 0.3 is 0 Å². The van der Waals surface area contributed by atoms with Gasteiger partial charge in [-0.3, -0.25) is 4.79 Å². The number of pyridine rings is 1. The lowest BCUT2D eigenvalue weighted by Crippen LogP contribution is -2.54. The van der Waals surface area contributed by atoms with Crippen LogP contribution < -0.4 is 4.90 Å². The molecule has 1 atom stereocenters. The first kappa shape index (κ1) is 16.8. The monoisotopic (exact) mass is 368 g/mol. The predicted molar refractivity (Wildman–Crippen MR) is 102 cm³/mol. The summed E-state index contributed by atoms with van der Waals surface area (Å²) in [5, 5.41) is 0. The molecule has 0 aromatic carbocycles. The molecule has 1 amide bonds. The Bertz CT molecular complexity index is 903. The van der Waals surface area contributed by atoms with Gasteiger partial charge in [-0.15, -0.1) is 0 Å². The van der Waals surface area contributed by atoms with Crippen molar-refractivity contribution in [2.45, 2.75) is 44.3 Å². The molecule has 2 aliphatic heterocycles. The van der Waals surface area contributed by atoms with Crippen molar-refractivity contribution in [2.24, 2.45) is 5.92 Å². The number of hydrogen-bond donors (Lipinski definition) is 0. The zero-order chi connectivity index (χ0) is 18.8. The summed E-state index contributed by atoms with van der Waals surface area (Å²) in [6.07, 6.45) is 5.40. The molecule has 5 rings (SSSR count). The van der Waals surface area contributed by atoms with E-state index in [0.29, 0.717) is 31.8 Å². The van der Waals surface area contributed by atoms with Crippen LogP contribution in [0.25, 0.3) is 5.82 Å². The molecule has 0 bridgehead atoms. The molecule has 6 heteroatoms. The Morgan fingerprint density at radius 2 is 2.07 bits per heavy atom. The summed E-state index contributed by atoms with van der Waals surface area (Å²) in [6, 6.07) is 8.24. The maximum Gasteiger partial charge on any atom is 0.260 e. The fourth-order valence-electron chi connectivity index (χ4n) is 4.74. The van der Waals surface area contributed by atoms with E-state index >= 15 is 0 Å². The van der Waals surface area contributed by atoms with Crippen molar-refractivity contribution >= 4 is 11.6 Å². The number of alkyl halides is 1. The van der Waals surface area contributed by atoms with Crippen molar-refractivity contribution in [1.82, 2.24) is 14.5 Å². The van der Waals surface area contributed by atoms with Gasteiger partial charge < -0.3 is 14.4 Å². The second-order valence-electron chi connectivity index (χ2n) is 8.59. The SMILES string of the molecule is CC(C)CN1c2cccnc2-n2cccc2C12CCN(C(=O)C1(F)CC1)C2. The zero-order valence-corrected chi connectivity index (χ0v) is 15.9. The number of anilines is 1. The number of carbonyl (C=O) groups excluding carboxylic acids is 1. The van der Waals surface area contributed by atoms with Crippen LogP contribution in [-0.4, -0.2) is 45.7 Å². The van der Waals surface area contributed by atoms with Gasteiger partial charge in [-0.2, -0.15) is 0 Å². The first-order valence-electron chi connectivity index (χ1n) is 9.84. The Hall–Kier alpha value is -2.37. The summed E-state index contributed by atoms with van der Waals surface area (Å²) in [5.74, 6) is 1.06. The quantitative estimate of drug-likeness (QED) is 0.835. The van der Waals surface area contributed by atoms with E-state index < -0.39 is 5.67 Å². The van der Waals surface area contributed by atoms with Gasteiger partial charge in [-0.05, 0) is 49.4 Å². The number of carbonyl (C=O) groups is 1. The number of nitrogens with zero attached hydrogens (tertiary/aromatic N) is 4. The van der Waals surface area contributed by atoms with E-state index in [2.05, 4.69) is 40.4 Å². The van der Waals surface area contributed by atoms with E-state index in [4.69, 9.17) is 0 Å². The molecule has 27 heavy (non-hydrogen) atoms. The standard InChI is InChI=1S/C21H25FN4O/c1-15(2)13-26-16-5-3-10-23-18(16)25-11-4-6-17(25)21(26)9-12-24(14-21)19(27)20(22)7-8-20/h3-6,10-11,15H,7-9,12-14H2,1-2H3. The highest BCUT2D eigenvalue weighted by Crippen LogP contribution is 2.49. The van der Waals surface area contributed by atoms with Crippen molar-refractivity contribution < 1.29 is 9.18 Å². The first-order valence-corrected chi connectivity index (χ1v) is 9.84. The second-order valence-corrected chi connectivity index (χ2v) is 8.59. The van der Waals surface area contributed by atoms with Crippen molar-refractivity contribution in [3.05, 3.63) is 42.4 Å². The van der Waals surface area contributed by atoms with Crippen molar-refractivity contribution in [1.29, 1.82) is 0 Å². The Kier molecular flexibility index (Phi) is 3.46. The van der Waals surface area contributed by atoms with Crippen LogP contribution in [0.4, 0.5) is 10.1 Å². The van der Waals surface area contributed by atoms with Crippen LogP contribution in [0, 0.1) is 5.92 Å². The Morgan fingerprint density at radius 1 is 1.26 bits per heavy atom. The summed E-state index contributed by atoms with van der Waals surface area (Å²) in [4.78, 5) is 21.5. The molecule has 142 valence electrons. The van der Waals surface area contributed by atoms with Gasteiger partial charge in [0, 0.05) is 32.0 Å². The summed E-state index contributed by atoms with van der Waals surface area (Å²) < 4.78 is 16.6. The lowest BCUT2D eigenvalue weighted by molar-refractivity contribution is -0.137. The third-order valence-electron chi connectivity index (χ3n) is 6.18. The van der Waals surface area contributed by atoms with Gasteiger partial charge in [-0.25, -0.2) is 9.37 Å². The highest BCUT2D eigenvalue weighted by Gasteiger charge is 2.57. The fourth-order valence-corrected chi connectivity index (χ4v) is 4.74. The number of likely N-dealkylation sites (tertiary alicyclic amines) is 1. The minimum atomic E-state index is -1.61. The van der Waals surface area contributed by atoms with Crippen LogP contribution in [0.5, 0.6) is 0 Å². The zero-order valence-electron chi connectivity index (χ0n) is 15.9. The Labute approximate surface area is 158 Å². The van der Waals surface area contributed by atoms with Crippen LogP contribution in [0.15, 0.2) is 36.7 Å². The van der Waals surface area contributed by atoms with E-state index in [1.807, 2.05) is 24.5 Å². The molecule has 1 spiro atoms. The van der Waals surface area contributed by atoms with Crippen molar-refractivity contribution in [2.75, 3.05) is 24.5 Å². The van der Waals surface area contributed by atoms with Crippen LogP contribution in [0.3, 0.4) is 0 Å². The van der Waals surface area contributed by atoms with E-state index in [-0.39, 0.29) is 11.4 Å². The first-order chi connectivity index (χ1) is 12.9. The summed E-state index contributed by atoms with van der Waals surface area (Å²) in [7, 11) is 0. The molecular formula is C21H25FN4O. The van der Waals surface area contributed by atoms with E-state index in [9.17, 15) is 9.18 Å². The third kappa shape index (κ3) is 2.35. The van der Waals surface area contributed by atoms with E-state index in [1.54, 1.807) is 4.90 Å². The van der Waals surface area contributed by atoms with Gasteiger partial charge in [0.15, 0.2) is 11.5 Å². The van der Waals surface area contributed by atoms with E-state index in [1.165, 1.54) is 0 Å².